The maximum absolute atomic E-state index is 15.1. The first kappa shape index (κ1) is 37.2. The van der Waals surface area contributed by atoms with Crippen molar-refractivity contribution in [1.29, 1.82) is 0 Å². The maximum atomic E-state index is 15.1. The SMILES string of the molecule is Cc1c(-c2cc(N3C(=O)[C@@H]4C[C@@H]5C(=CC[C@@H]6C(=O)N(C7CCN(Cc8ccccc8)CC7)C(=O)[C@@H]65)[C@H](c5ccc(O)cc5)[C@]4(C)C3=O)n(C)n2)sc2ccc(Cl)cc12. The van der Waals surface area contributed by atoms with E-state index in [0.29, 0.717) is 23.0 Å². The Labute approximate surface area is 345 Å². The second kappa shape index (κ2) is 13.7. The van der Waals surface area contributed by atoms with Crippen LogP contribution in [0.25, 0.3) is 20.7 Å². The topological polar surface area (TPSA) is 116 Å². The number of thiophene rings is 1. The molecule has 2 aromatic heterocycles. The Kier molecular flexibility index (Phi) is 8.81. The van der Waals surface area contributed by atoms with Crippen LogP contribution in [0, 0.1) is 36.0 Å². The molecule has 10 rings (SSSR count). The van der Waals surface area contributed by atoms with Gasteiger partial charge in [0.15, 0.2) is 0 Å². The number of halogens is 1. The number of aryl methyl sites for hydroxylation is 2. The highest BCUT2D eigenvalue weighted by Gasteiger charge is 2.68. The Morgan fingerprint density at radius 1 is 0.914 bits per heavy atom. The number of carbonyl (C=O) groups excluding carboxylic acids is 4. The molecule has 296 valence electrons. The molecule has 58 heavy (non-hydrogen) atoms. The van der Waals surface area contributed by atoms with E-state index in [2.05, 4.69) is 23.1 Å². The smallest absolute Gasteiger partial charge is 0.242 e. The molecule has 5 aromatic rings. The lowest BCUT2D eigenvalue weighted by molar-refractivity contribution is -0.144. The van der Waals surface area contributed by atoms with Crippen molar-refractivity contribution >= 4 is 62.5 Å². The molecule has 3 saturated heterocycles. The molecular weight excluding hydrogens is 770 g/mol. The maximum Gasteiger partial charge on any atom is 0.242 e. The molecule has 10 nitrogen and oxygen atoms in total. The molecule has 0 unspecified atom stereocenters. The van der Waals surface area contributed by atoms with Crippen molar-refractivity contribution in [3.63, 3.8) is 0 Å². The number of benzene rings is 3. The summed E-state index contributed by atoms with van der Waals surface area (Å²) in [5.74, 6) is -3.27. The predicted molar refractivity (Wildman–Crippen MR) is 223 cm³/mol. The van der Waals surface area contributed by atoms with E-state index < -0.39 is 35.0 Å². The summed E-state index contributed by atoms with van der Waals surface area (Å²) in [6, 6.07) is 24.6. The number of imide groups is 2. The number of nitrogens with zero attached hydrogens (tertiary/aromatic N) is 5. The number of hydrogen-bond acceptors (Lipinski definition) is 8. The summed E-state index contributed by atoms with van der Waals surface area (Å²) in [6.45, 7) is 6.32. The van der Waals surface area contributed by atoms with Gasteiger partial charge in [-0.2, -0.15) is 5.10 Å². The number of fused-ring (bicyclic) bond motifs is 5. The zero-order valence-corrected chi connectivity index (χ0v) is 34.2. The van der Waals surface area contributed by atoms with Crippen LogP contribution in [0.5, 0.6) is 5.75 Å². The fourth-order valence-electron chi connectivity index (χ4n) is 11.1. The molecule has 4 fully saturated rings. The average Bonchev–Trinajstić information content (AvgIpc) is 3.89. The number of aromatic nitrogens is 2. The van der Waals surface area contributed by atoms with E-state index in [4.69, 9.17) is 16.7 Å². The van der Waals surface area contributed by atoms with Gasteiger partial charge in [-0.25, -0.2) is 4.90 Å². The highest BCUT2D eigenvalue weighted by atomic mass is 35.5. The second-order valence-corrected chi connectivity index (χ2v) is 18.5. The standard InChI is InChI=1S/C46H44ClN5O5S/c1-25-33-21-28(47)11-16-37(33)58-41(25)36-23-38(49(3)48-36)52-43(55)35-22-34-31(40(46(35,2)45(52)57)27-9-12-30(53)13-10-27)14-15-32-39(34)44(56)51(42(32)54)29-17-19-50(20-18-29)24-26-7-5-4-6-8-26/h4-14,16,21,23,29,32,34-35,39-40,53H,15,17-20,22,24H2,1-3H3/t32-,34+,35-,39-,40-,46+/m0/s1. The van der Waals surface area contributed by atoms with Crippen LogP contribution >= 0.6 is 22.9 Å². The van der Waals surface area contributed by atoms with Crippen LogP contribution in [0.15, 0.2) is 90.5 Å². The van der Waals surface area contributed by atoms with Gasteiger partial charge in [-0.3, -0.25) is 33.7 Å². The van der Waals surface area contributed by atoms with Crippen molar-refractivity contribution in [3.05, 3.63) is 112 Å². The molecule has 5 heterocycles. The first-order valence-electron chi connectivity index (χ1n) is 20.2. The van der Waals surface area contributed by atoms with Gasteiger partial charge in [0.1, 0.15) is 17.3 Å². The van der Waals surface area contributed by atoms with Gasteiger partial charge in [0.2, 0.25) is 23.6 Å². The lowest BCUT2D eigenvalue weighted by Crippen LogP contribution is -2.49. The third-order valence-electron chi connectivity index (χ3n) is 13.9. The van der Waals surface area contributed by atoms with Crippen molar-refractivity contribution in [2.45, 2.75) is 58.0 Å². The van der Waals surface area contributed by atoms with Crippen LogP contribution < -0.4 is 4.90 Å². The molecule has 4 amide bonds. The number of anilines is 1. The average molecular weight is 814 g/mol. The van der Waals surface area contributed by atoms with Gasteiger partial charge in [-0.15, -0.1) is 11.3 Å². The molecule has 1 saturated carbocycles. The summed E-state index contributed by atoms with van der Waals surface area (Å²) in [7, 11) is 1.75. The third-order valence-corrected chi connectivity index (χ3v) is 15.5. The van der Waals surface area contributed by atoms with E-state index in [-0.39, 0.29) is 41.8 Å². The summed E-state index contributed by atoms with van der Waals surface area (Å²) in [5, 5.41) is 16.8. The van der Waals surface area contributed by atoms with E-state index in [9.17, 15) is 19.5 Å². The summed E-state index contributed by atoms with van der Waals surface area (Å²) < 4.78 is 2.66. The number of amides is 4. The van der Waals surface area contributed by atoms with Gasteiger partial charge in [-0.1, -0.05) is 65.7 Å². The van der Waals surface area contributed by atoms with E-state index in [1.165, 1.54) is 10.5 Å². The van der Waals surface area contributed by atoms with Crippen LogP contribution in [-0.2, 0) is 32.8 Å². The van der Waals surface area contributed by atoms with Crippen molar-refractivity contribution in [2.75, 3.05) is 18.0 Å². The first-order chi connectivity index (χ1) is 27.9. The highest BCUT2D eigenvalue weighted by Crippen LogP contribution is 2.64. The minimum Gasteiger partial charge on any atom is -0.508 e. The Balaban J connectivity index is 0.981. The summed E-state index contributed by atoms with van der Waals surface area (Å²) in [6.07, 6.45) is 4.20. The number of phenols is 1. The Morgan fingerprint density at radius 2 is 1.66 bits per heavy atom. The molecular formula is C46H44ClN5O5S. The number of allylic oxidation sites excluding steroid dienone is 2. The lowest BCUT2D eigenvalue weighted by Gasteiger charge is -2.49. The molecule has 3 aromatic carbocycles. The number of aromatic hydroxyl groups is 1. The fourth-order valence-corrected chi connectivity index (χ4v) is 12.4. The molecule has 5 aliphatic rings. The second-order valence-electron chi connectivity index (χ2n) is 17.0. The number of phenolic OH excluding ortho intramolecular Hbond substituents is 1. The molecule has 1 N–H and O–H groups in total. The summed E-state index contributed by atoms with van der Waals surface area (Å²) in [4.78, 5) is 65.2. The molecule has 3 aliphatic heterocycles. The van der Waals surface area contributed by atoms with Gasteiger partial charge in [-0.05, 0) is 97.9 Å². The normalized spacial score (nSPS) is 27.7. The predicted octanol–water partition coefficient (Wildman–Crippen LogP) is 7.86. The summed E-state index contributed by atoms with van der Waals surface area (Å²) in [5.41, 5.74) is 3.43. The van der Waals surface area contributed by atoms with Gasteiger partial charge in [0.05, 0.1) is 28.0 Å². The largest absolute Gasteiger partial charge is 0.508 e. The van der Waals surface area contributed by atoms with Gasteiger partial charge < -0.3 is 5.11 Å². The molecule has 6 atom stereocenters. The van der Waals surface area contributed by atoms with Crippen LogP contribution in [0.2, 0.25) is 5.02 Å². The van der Waals surface area contributed by atoms with Crippen LogP contribution in [0.3, 0.4) is 0 Å². The molecule has 2 aliphatic carbocycles. The van der Waals surface area contributed by atoms with E-state index in [1.54, 1.807) is 40.1 Å². The number of carbonyl (C=O) groups is 4. The molecule has 0 radical (unpaired) electrons. The minimum absolute atomic E-state index is 0.0918. The van der Waals surface area contributed by atoms with E-state index >= 15 is 4.79 Å². The number of piperidine rings is 1. The Hall–Kier alpha value is -5.10. The number of likely N-dealkylation sites (tertiary alicyclic amines) is 2. The number of hydrogen-bond donors (Lipinski definition) is 1. The van der Waals surface area contributed by atoms with Gasteiger partial charge >= 0.3 is 0 Å². The van der Waals surface area contributed by atoms with Gasteiger partial charge in [0, 0.05) is 54.4 Å². The molecule has 0 spiro atoms. The molecule has 0 bridgehead atoms. The van der Waals surface area contributed by atoms with Crippen LogP contribution in [-0.4, -0.2) is 67.4 Å². The van der Waals surface area contributed by atoms with Crippen LogP contribution in [0.4, 0.5) is 5.82 Å². The zero-order valence-electron chi connectivity index (χ0n) is 32.6. The molecule has 12 heteroatoms. The Bertz CT molecular complexity index is 2560. The van der Waals surface area contributed by atoms with E-state index in [1.807, 2.05) is 68.4 Å². The van der Waals surface area contributed by atoms with Crippen molar-refractivity contribution < 1.29 is 24.3 Å². The fraction of sp³-hybridized carbons (Fsp3) is 0.370. The van der Waals surface area contributed by atoms with Crippen molar-refractivity contribution in [3.8, 4) is 16.3 Å². The van der Waals surface area contributed by atoms with Crippen molar-refractivity contribution in [1.82, 2.24) is 19.6 Å². The van der Waals surface area contributed by atoms with E-state index in [0.717, 1.165) is 64.1 Å². The summed E-state index contributed by atoms with van der Waals surface area (Å²) >= 11 is 7.92. The number of rotatable bonds is 6. The highest BCUT2D eigenvalue weighted by molar-refractivity contribution is 7.22. The lowest BCUT2D eigenvalue weighted by atomic mass is 9.51. The minimum atomic E-state index is -1.20. The zero-order chi connectivity index (χ0) is 40.2. The van der Waals surface area contributed by atoms with Crippen LogP contribution in [0.1, 0.15) is 55.2 Å². The monoisotopic (exact) mass is 813 g/mol. The Morgan fingerprint density at radius 3 is 2.40 bits per heavy atom. The quantitative estimate of drug-likeness (QED) is 0.137. The van der Waals surface area contributed by atoms with Crippen molar-refractivity contribution in [2.24, 2.45) is 36.1 Å². The third kappa shape index (κ3) is 5.57. The van der Waals surface area contributed by atoms with Gasteiger partial charge in [0.25, 0.3) is 0 Å². The first-order valence-corrected chi connectivity index (χ1v) is 21.4.